The number of fused-ring (bicyclic) bond motifs is 1. The third kappa shape index (κ3) is 3.51. The fourth-order valence-corrected chi connectivity index (χ4v) is 3.76. The number of alkyl halides is 1. The lowest BCUT2D eigenvalue weighted by Crippen LogP contribution is -2.71. The van der Waals surface area contributed by atoms with Gasteiger partial charge < -0.3 is 15.8 Å². The van der Waals surface area contributed by atoms with Gasteiger partial charge in [0.25, 0.3) is 5.91 Å². The van der Waals surface area contributed by atoms with Crippen LogP contribution in [0.2, 0.25) is 0 Å². The van der Waals surface area contributed by atoms with Crippen LogP contribution in [0, 0.1) is 0 Å². The van der Waals surface area contributed by atoms with Crippen LogP contribution in [0.3, 0.4) is 0 Å². The largest absolute Gasteiger partial charge is 0.455 e. The predicted octanol–water partition coefficient (Wildman–Crippen LogP) is -0.294. The second kappa shape index (κ2) is 6.64. The highest BCUT2D eigenvalue weighted by Gasteiger charge is 2.55. The van der Waals surface area contributed by atoms with Gasteiger partial charge in [-0.25, -0.2) is 4.79 Å². The lowest BCUT2D eigenvalue weighted by molar-refractivity contribution is -0.159. The van der Waals surface area contributed by atoms with E-state index in [1.165, 1.54) is 11.8 Å². The molecule has 1 saturated heterocycles. The maximum atomic E-state index is 12.4. The fraction of sp³-hybridized carbons (Fsp3) is 0.571. The summed E-state index contributed by atoms with van der Waals surface area (Å²) in [7, 11) is 0. The Morgan fingerprint density at radius 3 is 2.54 bits per heavy atom. The van der Waals surface area contributed by atoms with Gasteiger partial charge in [-0.2, -0.15) is 0 Å². The number of amides is 3. The van der Waals surface area contributed by atoms with Gasteiger partial charge in [-0.05, 0) is 20.8 Å². The molecule has 132 valence electrons. The van der Waals surface area contributed by atoms with Crippen LogP contribution in [0.25, 0.3) is 0 Å². The highest BCUT2D eigenvalue weighted by atomic mass is 35.5. The normalized spacial score (nSPS) is 23.3. The predicted molar refractivity (Wildman–Crippen MR) is 87.8 cm³/mol. The average molecular weight is 376 g/mol. The number of rotatable bonds is 4. The van der Waals surface area contributed by atoms with Crippen LogP contribution in [0.4, 0.5) is 0 Å². The Bertz CT molecular complexity index is 643. The minimum Gasteiger partial charge on any atom is -0.455 e. The zero-order valence-electron chi connectivity index (χ0n) is 13.4. The van der Waals surface area contributed by atoms with Crippen molar-refractivity contribution in [2.24, 2.45) is 5.73 Å². The molecule has 2 aliphatic heterocycles. The molecule has 8 nitrogen and oxygen atoms in total. The number of thioether (sulfide) groups is 1. The number of β-lactam (4-membered cyclic amide) rings is 1. The molecule has 0 radical (unpaired) electrons. The first-order valence-corrected chi connectivity index (χ1v) is 8.71. The number of nitrogens with zero attached hydrogens (tertiary/aromatic N) is 1. The first-order chi connectivity index (χ1) is 11.1. The van der Waals surface area contributed by atoms with Gasteiger partial charge in [0.1, 0.15) is 28.6 Å². The smallest absolute Gasteiger partial charge is 0.356 e. The van der Waals surface area contributed by atoms with Crippen molar-refractivity contribution in [1.82, 2.24) is 10.2 Å². The number of hydrogen-bond donors (Lipinski definition) is 2. The molecular formula is C14H18ClN3O5S. The SMILES string of the molecule is CC(C)(C)OC(=O)C1=C(C(N)=O)CS[C@@H]2C(NC(=O)CCl)C(=O)N12. The molecule has 2 rings (SSSR count). The van der Waals surface area contributed by atoms with Gasteiger partial charge in [0, 0.05) is 5.75 Å². The first kappa shape index (κ1) is 18.6. The monoisotopic (exact) mass is 375 g/mol. The van der Waals surface area contributed by atoms with E-state index in [1.54, 1.807) is 20.8 Å². The topological polar surface area (TPSA) is 119 Å². The van der Waals surface area contributed by atoms with Crippen LogP contribution < -0.4 is 11.1 Å². The summed E-state index contributed by atoms with van der Waals surface area (Å²) in [6, 6.07) is -0.798. The number of ether oxygens (including phenoxy) is 1. The summed E-state index contributed by atoms with van der Waals surface area (Å²) in [5.74, 6) is -2.71. The maximum Gasteiger partial charge on any atom is 0.356 e. The molecule has 2 heterocycles. The molecule has 0 saturated carbocycles. The first-order valence-electron chi connectivity index (χ1n) is 7.13. The van der Waals surface area contributed by atoms with Crippen molar-refractivity contribution in [3.05, 3.63) is 11.3 Å². The van der Waals surface area contributed by atoms with E-state index < -0.39 is 40.7 Å². The number of nitrogens with one attached hydrogen (secondary N) is 1. The van der Waals surface area contributed by atoms with Crippen LogP contribution >= 0.6 is 23.4 Å². The van der Waals surface area contributed by atoms with Gasteiger partial charge >= 0.3 is 5.97 Å². The molecule has 0 aromatic carbocycles. The minimum atomic E-state index is -0.799. The molecule has 3 N–H and O–H groups in total. The van der Waals surface area contributed by atoms with Crippen molar-refractivity contribution in [3.8, 4) is 0 Å². The van der Waals surface area contributed by atoms with Crippen LogP contribution in [0.5, 0.6) is 0 Å². The molecular weight excluding hydrogens is 358 g/mol. The summed E-state index contributed by atoms with van der Waals surface area (Å²) in [5, 5.41) is 1.99. The number of primary amides is 1. The molecule has 1 unspecified atom stereocenters. The highest BCUT2D eigenvalue weighted by Crippen LogP contribution is 2.40. The van der Waals surface area contributed by atoms with Gasteiger partial charge in [0.05, 0.1) is 5.57 Å². The summed E-state index contributed by atoms with van der Waals surface area (Å²) < 4.78 is 5.28. The van der Waals surface area contributed by atoms with Crippen LogP contribution in [0.1, 0.15) is 20.8 Å². The van der Waals surface area contributed by atoms with E-state index in [4.69, 9.17) is 22.1 Å². The Kier molecular flexibility index (Phi) is 5.14. The Hall–Kier alpha value is -1.74. The Morgan fingerprint density at radius 2 is 2.04 bits per heavy atom. The Balaban J connectivity index is 2.31. The molecule has 0 aliphatic carbocycles. The Labute approximate surface area is 148 Å². The van der Waals surface area contributed by atoms with Crippen molar-refractivity contribution >= 4 is 47.1 Å². The number of carbonyl (C=O) groups is 4. The fourth-order valence-electron chi connectivity index (χ4n) is 2.34. The molecule has 0 aromatic heterocycles. The van der Waals surface area contributed by atoms with E-state index in [1.807, 2.05) is 0 Å². The summed E-state index contributed by atoms with van der Waals surface area (Å²) in [6.07, 6.45) is 0. The van der Waals surface area contributed by atoms with E-state index >= 15 is 0 Å². The average Bonchev–Trinajstić information content (AvgIpc) is 2.48. The van der Waals surface area contributed by atoms with Gasteiger partial charge in [-0.1, -0.05) is 0 Å². The third-order valence-corrected chi connectivity index (χ3v) is 4.82. The molecule has 10 heteroatoms. The van der Waals surface area contributed by atoms with Crippen molar-refractivity contribution < 1.29 is 23.9 Å². The van der Waals surface area contributed by atoms with E-state index in [9.17, 15) is 19.2 Å². The van der Waals surface area contributed by atoms with Crippen molar-refractivity contribution in [1.29, 1.82) is 0 Å². The number of halogens is 1. The Morgan fingerprint density at radius 1 is 1.42 bits per heavy atom. The second-order valence-corrected chi connectivity index (χ2v) is 7.65. The van der Waals surface area contributed by atoms with E-state index in [0.717, 1.165) is 4.90 Å². The molecule has 0 aromatic rings. The van der Waals surface area contributed by atoms with Crippen molar-refractivity contribution in [2.75, 3.05) is 11.6 Å². The molecule has 0 bridgehead atoms. The number of esters is 1. The van der Waals surface area contributed by atoms with E-state index in [2.05, 4.69) is 5.32 Å². The summed E-state index contributed by atoms with van der Waals surface area (Å²) in [6.45, 7) is 5.02. The second-order valence-electron chi connectivity index (χ2n) is 6.28. The molecule has 24 heavy (non-hydrogen) atoms. The number of carbonyl (C=O) groups excluding carboxylic acids is 4. The summed E-state index contributed by atoms with van der Waals surface area (Å²) in [4.78, 5) is 49.0. The maximum absolute atomic E-state index is 12.4. The third-order valence-electron chi connectivity index (χ3n) is 3.30. The van der Waals surface area contributed by atoms with Crippen molar-refractivity contribution in [3.63, 3.8) is 0 Å². The van der Waals surface area contributed by atoms with Gasteiger partial charge in [0.2, 0.25) is 11.8 Å². The summed E-state index contributed by atoms with van der Waals surface area (Å²) in [5.41, 5.74) is 4.41. The quantitative estimate of drug-likeness (QED) is 0.396. The van der Waals surface area contributed by atoms with Crippen molar-refractivity contribution in [2.45, 2.75) is 37.8 Å². The van der Waals surface area contributed by atoms with Crippen LogP contribution in [-0.4, -0.2) is 57.2 Å². The van der Waals surface area contributed by atoms with E-state index in [-0.39, 0.29) is 22.9 Å². The zero-order chi connectivity index (χ0) is 18.2. The molecule has 3 amide bonds. The number of nitrogens with two attached hydrogens (primary N) is 1. The van der Waals surface area contributed by atoms with Crippen LogP contribution in [0.15, 0.2) is 11.3 Å². The minimum absolute atomic E-state index is 0.0287. The van der Waals surface area contributed by atoms with Gasteiger partial charge in [0.15, 0.2) is 0 Å². The van der Waals surface area contributed by atoms with Gasteiger partial charge in [-0.15, -0.1) is 23.4 Å². The van der Waals surface area contributed by atoms with Gasteiger partial charge in [-0.3, -0.25) is 19.3 Å². The lowest BCUT2D eigenvalue weighted by atomic mass is 10.0. The molecule has 0 spiro atoms. The molecule has 1 fully saturated rings. The highest BCUT2D eigenvalue weighted by molar-refractivity contribution is 8.00. The number of hydrogen-bond acceptors (Lipinski definition) is 6. The van der Waals surface area contributed by atoms with E-state index in [0.29, 0.717) is 0 Å². The summed E-state index contributed by atoms with van der Waals surface area (Å²) >= 11 is 6.66. The zero-order valence-corrected chi connectivity index (χ0v) is 15.0. The molecule has 2 aliphatic rings. The lowest BCUT2D eigenvalue weighted by Gasteiger charge is -2.49. The standard InChI is InChI=1S/C14H18ClN3O5S/c1-14(2,3)23-13(22)9-6(10(16)20)5-24-12-8(11(21)18(9)12)17-7(19)4-15/h8,12H,4-5H2,1-3H3,(H2,16,20)(H,17,19)/t8?,12-/m1/s1. The molecule has 2 atom stereocenters. The van der Waals surface area contributed by atoms with Crippen LogP contribution in [-0.2, 0) is 23.9 Å².